The third-order valence-corrected chi connectivity index (χ3v) is 6.15. The summed E-state index contributed by atoms with van der Waals surface area (Å²) in [4.78, 5) is 21.4. The lowest BCUT2D eigenvalue weighted by Crippen LogP contribution is -2.38. The second-order valence-corrected chi connectivity index (χ2v) is 8.82. The van der Waals surface area contributed by atoms with Gasteiger partial charge in [-0.05, 0) is 69.2 Å². The average Bonchev–Trinajstić information content (AvgIpc) is 3.16. The Kier molecular flexibility index (Phi) is 7.40. The van der Waals surface area contributed by atoms with E-state index in [1.165, 1.54) is 0 Å². The molecule has 0 bridgehead atoms. The van der Waals surface area contributed by atoms with E-state index < -0.39 is 0 Å². The second kappa shape index (κ2) is 10.6. The number of aryl methyl sites for hydroxylation is 2. The number of likely N-dealkylation sites (tertiary alicyclic amines) is 1. The monoisotopic (exact) mass is 447 g/mol. The van der Waals surface area contributed by atoms with Gasteiger partial charge >= 0.3 is 0 Å². The quantitative estimate of drug-likeness (QED) is 0.527. The van der Waals surface area contributed by atoms with Gasteiger partial charge in [-0.2, -0.15) is 5.10 Å². The molecule has 1 aromatic carbocycles. The zero-order valence-electron chi connectivity index (χ0n) is 19.8. The molecule has 1 amide bonds. The number of nitrogens with zero attached hydrogens (tertiary/aromatic N) is 5. The molecule has 1 aliphatic heterocycles. The van der Waals surface area contributed by atoms with Crippen LogP contribution in [0.3, 0.4) is 0 Å². The van der Waals surface area contributed by atoms with Crippen LogP contribution in [-0.4, -0.2) is 63.3 Å². The Morgan fingerprint density at radius 1 is 1.12 bits per heavy atom. The molecule has 0 spiro atoms. The molecule has 33 heavy (non-hydrogen) atoms. The molecule has 0 radical (unpaired) electrons. The average molecular weight is 448 g/mol. The van der Waals surface area contributed by atoms with Gasteiger partial charge in [0.15, 0.2) is 0 Å². The molecule has 0 N–H and O–H groups in total. The first-order chi connectivity index (χ1) is 16.0. The third-order valence-electron chi connectivity index (χ3n) is 6.15. The third kappa shape index (κ3) is 6.20. The van der Waals surface area contributed by atoms with Gasteiger partial charge in [0.2, 0.25) is 0 Å². The zero-order valence-corrected chi connectivity index (χ0v) is 19.8. The maximum atomic E-state index is 12.8. The fourth-order valence-corrected chi connectivity index (χ4v) is 4.24. The van der Waals surface area contributed by atoms with E-state index in [1.54, 1.807) is 4.90 Å². The smallest absolute Gasteiger partial charge is 0.253 e. The number of benzene rings is 1. The summed E-state index contributed by atoms with van der Waals surface area (Å²) in [5.74, 6) is 0.825. The highest BCUT2D eigenvalue weighted by atomic mass is 16.5. The number of piperidine rings is 1. The number of carbonyl (C=O) groups excluding carboxylic acids is 1. The number of rotatable bonds is 8. The van der Waals surface area contributed by atoms with Gasteiger partial charge in [0.1, 0.15) is 11.9 Å². The molecule has 7 heteroatoms. The van der Waals surface area contributed by atoms with Gasteiger partial charge in [-0.25, -0.2) is 0 Å². The molecule has 3 aromatic rings. The van der Waals surface area contributed by atoms with Gasteiger partial charge in [0, 0.05) is 50.7 Å². The molecular formula is C26H33N5O2. The van der Waals surface area contributed by atoms with Crippen molar-refractivity contribution in [2.45, 2.75) is 45.9 Å². The standard InChI is InChI=1S/C26H33N5O2/c1-20-18-21(2)31(28-20)17-16-29(3)26(32)22-7-9-24(10-8-22)33-25-11-14-30(15-12-25)19-23-6-4-5-13-27-23/h4-10,13,18,25H,11-12,14-17,19H2,1-3H3. The number of hydrogen-bond donors (Lipinski definition) is 0. The van der Waals surface area contributed by atoms with Crippen molar-refractivity contribution >= 4 is 5.91 Å². The SMILES string of the molecule is Cc1cc(C)n(CCN(C)C(=O)c2ccc(OC3CCN(Cc4ccccn4)CC3)cc2)n1. The van der Waals surface area contributed by atoms with Crippen LogP contribution in [0.2, 0.25) is 0 Å². The van der Waals surface area contributed by atoms with E-state index in [2.05, 4.69) is 21.0 Å². The Balaban J connectivity index is 1.23. The van der Waals surface area contributed by atoms with Crippen molar-refractivity contribution in [2.75, 3.05) is 26.7 Å². The van der Waals surface area contributed by atoms with Crippen molar-refractivity contribution in [1.29, 1.82) is 0 Å². The molecule has 1 fully saturated rings. The first kappa shape index (κ1) is 23.0. The largest absolute Gasteiger partial charge is 0.490 e. The van der Waals surface area contributed by atoms with Gasteiger partial charge < -0.3 is 9.64 Å². The van der Waals surface area contributed by atoms with Crippen LogP contribution in [0.4, 0.5) is 0 Å². The Morgan fingerprint density at radius 3 is 2.52 bits per heavy atom. The molecule has 2 aromatic heterocycles. The molecule has 0 unspecified atom stereocenters. The summed E-state index contributed by atoms with van der Waals surface area (Å²) < 4.78 is 8.13. The molecule has 174 valence electrons. The number of hydrogen-bond acceptors (Lipinski definition) is 5. The minimum atomic E-state index is 0.00547. The molecule has 3 heterocycles. The van der Waals surface area contributed by atoms with Crippen molar-refractivity contribution in [3.8, 4) is 5.75 Å². The van der Waals surface area contributed by atoms with Crippen molar-refractivity contribution in [3.63, 3.8) is 0 Å². The first-order valence-electron chi connectivity index (χ1n) is 11.6. The topological polar surface area (TPSA) is 63.5 Å². The minimum absolute atomic E-state index is 0.00547. The Bertz CT molecular complexity index is 1040. The summed E-state index contributed by atoms with van der Waals surface area (Å²) in [5, 5.41) is 4.46. The van der Waals surface area contributed by atoms with Gasteiger partial charge in [-0.3, -0.25) is 19.4 Å². The maximum absolute atomic E-state index is 12.8. The summed E-state index contributed by atoms with van der Waals surface area (Å²) in [6.07, 6.45) is 4.03. The molecule has 0 atom stereocenters. The van der Waals surface area contributed by atoms with Crippen molar-refractivity contribution in [1.82, 2.24) is 24.6 Å². The predicted molar refractivity (Wildman–Crippen MR) is 128 cm³/mol. The number of carbonyl (C=O) groups is 1. The number of aromatic nitrogens is 3. The van der Waals surface area contributed by atoms with Gasteiger partial charge in [0.25, 0.3) is 5.91 Å². The summed E-state index contributed by atoms with van der Waals surface area (Å²) >= 11 is 0. The minimum Gasteiger partial charge on any atom is -0.490 e. The molecule has 1 saturated heterocycles. The molecule has 0 saturated carbocycles. The highest BCUT2D eigenvalue weighted by Gasteiger charge is 2.21. The Labute approximate surface area is 196 Å². The normalized spacial score (nSPS) is 14.9. The molecule has 1 aliphatic rings. The number of ether oxygens (including phenoxy) is 1. The fraction of sp³-hybridized carbons (Fsp3) is 0.423. The van der Waals surface area contributed by atoms with E-state index in [0.717, 1.165) is 55.3 Å². The lowest BCUT2D eigenvalue weighted by atomic mass is 10.1. The first-order valence-corrected chi connectivity index (χ1v) is 11.6. The van der Waals surface area contributed by atoms with Crippen LogP contribution in [0.15, 0.2) is 54.7 Å². The molecule has 7 nitrogen and oxygen atoms in total. The second-order valence-electron chi connectivity index (χ2n) is 8.82. The van der Waals surface area contributed by atoms with Gasteiger partial charge in [-0.15, -0.1) is 0 Å². The predicted octanol–water partition coefficient (Wildman–Crippen LogP) is 3.71. The van der Waals surface area contributed by atoms with Crippen LogP contribution in [-0.2, 0) is 13.1 Å². The fourth-order valence-electron chi connectivity index (χ4n) is 4.24. The zero-order chi connectivity index (χ0) is 23.2. The number of pyridine rings is 1. The van der Waals surface area contributed by atoms with Crippen LogP contribution >= 0.6 is 0 Å². The number of likely N-dealkylation sites (N-methyl/N-ethyl adjacent to an activating group) is 1. The van der Waals surface area contributed by atoms with Crippen LogP contribution in [0, 0.1) is 13.8 Å². The van der Waals surface area contributed by atoms with Crippen LogP contribution in [0.5, 0.6) is 5.75 Å². The highest BCUT2D eigenvalue weighted by Crippen LogP contribution is 2.21. The van der Waals surface area contributed by atoms with Crippen molar-refractivity contribution < 1.29 is 9.53 Å². The van der Waals surface area contributed by atoms with E-state index in [4.69, 9.17) is 4.74 Å². The van der Waals surface area contributed by atoms with E-state index in [0.29, 0.717) is 18.7 Å². The summed E-state index contributed by atoms with van der Waals surface area (Å²) in [6, 6.07) is 15.6. The van der Waals surface area contributed by atoms with Gasteiger partial charge in [0.05, 0.1) is 17.9 Å². The van der Waals surface area contributed by atoms with E-state index in [-0.39, 0.29) is 12.0 Å². The molecule has 0 aliphatic carbocycles. The van der Waals surface area contributed by atoms with E-state index >= 15 is 0 Å². The van der Waals surface area contributed by atoms with Crippen LogP contribution in [0.25, 0.3) is 0 Å². The molecule has 4 rings (SSSR count). The Morgan fingerprint density at radius 2 is 1.88 bits per heavy atom. The van der Waals surface area contributed by atoms with Crippen molar-refractivity contribution in [2.24, 2.45) is 0 Å². The van der Waals surface area contributed by atoms with Crippen molar-refractivity contribution in [3.05, 3.63) is 77.4 Å². The van der Waals surface area contributed by atoms with Crippen LogP contribution in [0.1, 0.15) is 40.3 Å². The lowest BCUT2D eigenvalue weighted by molar-refractivity contribution is 0.0788. The van der Waals surface area contributed by atoms with E-state index in [1.807, 2.05) is 74.2 Å². The van der Waals surface area contributed by atoms with Gasteiger partial charge in [-0.1, -0.05) is 6.07 Å². The summed E-state index contributed by atoms with van der Waals surface area (Å²) in [5.41, 5.74) is 3.88. The van der Waals surface area contributed by atoms with Crippen LogP contribution < -0.4 is 4.74 Å². The van der Waals surface area contributed by atoms with E-state index in [9.17, 15) is 4.79 Å². The lowest BCUT2D eigenvalue weighted by Gasteiger charge is -2.31. The number of amides is 1. The molecular weight excluding hydrogens is 414 g/mol. The summed E-state index contributed by atoms with van der Waals surface area (Å²) in [7, 11) is 1.83. The Hall–Kier alpha value is -3.19. The maximum Gasteiger partial charge on any atom is 0.253 e. The highest BCUT2D eigenvalue weighted by molar-refractivity contribution is 5.94. The summed E-state index contributed by atoms with van der Waals surface area (Å²) in [6.45, 7) is 8.18.